The monoisotopic (exact) mass is 370 g/mol. The van der Waals surface area contributed by atoms with Crippen LogP contribution in [0.25, 0.3) is 0 Å². The lowest BCUT2D eigenvalue weighted by molar-refractivity contribution is -0.239. The number of benzene rings is 1. The topological polar surface area (TPSA) is 45.9 Å². The second-order valence-corrected chi connectivity index (χ2v) is 6.06. The highest BCUT2D eigenvalue weighted by molar-refractivity contribution is 6.42. The van der Waals surface area contributed by atoms with Crippen LogP contribution < -0.4 is 0 Å². The van der Waals surface area contributed by atoms with E-state index in [9.17, 15) is 9.18 Å². The molecule has 1 aliphatic heterocycles. The lowest BCUT2D eigenvalue weighted by Crippen LogP contribution is -2.37. The summed E-state index contributed by atoms with van der Waals surface area (Å²) < 4.78 is 18.6. The van der Waals surface area contributed by atoms with Crippen LogP contribution >= 0.6 is 23.2 Å². The molecule has 1 aromatic carbocycles. The van der Waals surface area contributed by atoms with Gasteiger partial charge in [0.25, 0.3) is 0 Å². The molecule has 24 heavy (non-hydrogen) atoms. The molecule has 0 N–H and O–H groups in total. The van der Waals surface area contributed by atoms with Gasteiger partial charge in [0.15, 0.2) is 5.82 Å². The summed E-state index contributed by atoms with van der Waals surface area (Å²) in [6, 6.07) is 6.07. The first kappa shape index (κ1) is 16.8. The molecule has 0 radical (unpaired) electrons. The Hall–Kier alpha value is -2.02. The Morgan fingerprint density at radius 2 is 2.12 bits per heavy atom. The fourth-order valence-electron chi connectivity index (χ4n) is 2.58. The molecule has 5 nitrogen and oxygen atoms in total. The molecule has 0 amide bonds. The number of carbonyl (C=O) groups excluding carboxylic acids is 1. The Morgan fingerprint density at radius 3 is 2.75 bits per heavy atom. The zero-order valence-corrected chi connectivity index (χ0v) is 14.1. The first-order valence-electron chi connectivity index (χ1n) is 7.03. The van der Waals surface area contributed by atoms with Gasteiger partial charge in [-0.1, -0.05) is 29.3 Å². The maximum absolute atomic E-state index is 13.3. The molecule has 0 bridgehead atoms. The number of hydrazine groups is 1. The Kier molecular flexibility index (Phi) is 4.80. The number of nitrogens with zero attached hydrogens (tertiary/aromatic N) is 2. The largest absolute Gasteiger partial charge is 0.464 e. The third-order valence-electron chi connectivity index (χ3n) is 3.61. The number of carbonyl (C=O) groups is 1. The Morgan fingerprint density at radius 1 is 1.33 bits per heavy atom. The number of hydrogen-bond acceptors (Lipinski definition) is 5. The van der Waals surface area contributed by atoms with E-state index in [1.54, 1.807) is 36.2 Å². The SMILES string of the molecule is CC1=CC(c2cc(F)co2)N(Cc2ccc(Cl)c(Cl)c2)N1OC=O. The maximum Gasteiger partial charge on any atom is 0.322 e. The van der Waals surface area contributed by atoms with Crippen LogP contribution in [0.15, 0.2) is 46.7 Å². The quantitative estimate of drug-likeness (QED) is 0.725. The van der Waals surface area contributed by atoms with Crippen molar-refractivity contribution in [2.24, 2.45) is 0 Å². The summed E-state index contributed by atoms with van der Waals surface area (Å²) in [5, 5.41) is 3.91. The number of allylic oxidation sites excluding steroid dienone is 1. The minimum absolute atomic E-state index is 0.324. The predicted octanol–water partition coefficient (Wildman–Crippen LogP) is 4.49. The van der Waals surface area contributed by atoms with Gasteiger partial charge in [0, 0.05) is 12.6 Å². The molecule has 0 aliphatic carbocycles. The van der Waals surface area contributed by atoms with E-state index >= 15 is 0 Å². The van der Waals surface area contributed by atoms with Crippen molar-refractivity contribution in [3.63, 3.8) is 0 Å². The lowest BCUT2D eigenvalue weighted by atomic mass is 10.1. The first-order chi connectivity index (χ1) is 11.5. The molecule has 8 heteroatoms. The molecule has 126 valence electrons. The van der Waals surface area contributed by atoms with E-state index in [1.165, 1.54) is 11.2 Å². The van der Waals surface area contributed by atoms with Gasteiger partial charge in [-0.25, -0.2) is 4.39 Å². The average Bonchev–Trinajstić information content (AvgIpc) is 3.09. The normalized spacial score (nSPS) is 17.9. The molecule has 1 aromatic heterocycles. The van der Waals surface area contributed by atoms with Crippen LogP contribution in [0.5, 0.6) is 0 Å². The van der Waals surface area contributed by atoms with Crippen molar-refractivity contribution in [3.8, 4) is 0 Å². The maximum atomic E-state index is 13.3. The standard InChI is InChI=1S/C16H13Cl2FN2O3/c1-10-4-15(16-6-12(19)8-23-16)20(21(10)24-9-22)7-11-2-3-13(17)14(18)5-11/h2-6,8-9,15H,7H2,1H3. The first-order valence-corrected chi connectivity index (χ1v) is 7.78. The summed E-state index contributed by atoms with van der Waals surface area (Å²) >= 11 is 12.0. The van der Waals surface area contributed by atoms with Crippen molar-refractivity contribution in [1.82, 2.24) is 10.2 Å². The van der Waals surface area contributed by atoms with Crippen LogP contribution in [0.4, 0.5) is 4.39 Å². The van der Waals surface area contributed by atoms with Gasteiger partial charge in [-0.05, 0) is 30.7 Å². The lowest BCUT2D eigenvalue weighted by Gasteiger charge is -2.31. The van der Waals surface area contributed by atoms with Gasteiger partial charge < -0.3 is 9.25 Å². The van der Waals surface area contributed by atoms with E-state index in [0.29, 0.717) is 34.5 Å². The fraction of sp³-hybridized carbons (Fsp3) is 0.188. The van der Waals surface area contributed by atoms with Crippen LogP contribution in [-0.4, -0.2) is 16.7 Å². The van der Waals surface area contributed by atoms with E-state index in [0.717, 1.165) is 11.8 Å². The average molecular weight is 371 g/mol. The Labute approximate surface area is 147 Å². The molecule has 1 atom stereocenters. The molecular formula is C16H13Cl2FN2O3. The van der Waals surface area contributed by atoms with E-state index in [1.807, 2.05) is 0 Å². The summed E-state index contributed by atoms with van der Waals surface area (Å²) in [6.07, 6.45) is 2.83. The van der Waals surface area contributed by atoms with Crippen LogP contribution in [0.1, 0.15) is 24.3 Å². The molecule has 0 saturated heterocycles. The minimum Gasteiger partial charge on any atom is -0.464 e. The third kappa shape index (κ3) is 3.26. The summed E-state index contributed by atoms with van der Waals surface area (Å²) in [5.74, 6) is -0.0794. The molecule has 3 rings (SSSR count). The second kappa shape index (κ2) is 6.84. The summed E-state index contributed by atoms with van der Waals surface area (Å²) in [4.78, 5) is 15.8. The molecule has 2 heterocycles. The minimum atomic E-state index is -0.472. The summed E-state index contributed by atoms with van der Waals surface area (Å²) in [7, 11) is 0. The van der Waals surface area contributed by atoms with E-state index in [2.05, 4.69) is 0 Å². The number of hydrogen-bond donors (Lipinski definition) is 0. The second-order valence-electron chi connectivity index (χ2n) is 5.24. The zero-order chi connectivity index (χ0) is 17.3. The smallest absolute Gasteiger partial charge is 0.322 e. The van der Waals surface area contributed by atoms with E-state index in [4.69, 9.17) is 32.5 Å². The van der Waals surface area contributed by atoms with Crippen molar-refractivity contribution in [2.75, 3.05) is 0 Å². The molecule has 2 aromatic rings. The summed E-state index contributed by atoms with van der Waals surface area (Å²) in [5.41, 5.74) is 1.51. The van der Waals surface area contributed by atoms with Crippen molar-refractivity contribution in [1.29, 1.82) is 0 Å². The van der Waals surface area contributed by atoms with Crippen molar-refractivity contribution >= 4 is 29.7 Å². The van der Waals surface area contributed by atoms with Crippen LogP contribution in [0.2, 0.25) is 10.0 Å². The van der Waals surface area contributed by atoms with Gasteiger partial charge in [-0.3, -0.25) is 4.79 Å². The molecule has 0 spiro atoms. The molecular weight excluding hydrogens is 358 g/mol. The third-order valence-corrected chi connectivity index (χ3v) is 4.34. The Bertz CT molecular complexity index is 793. The van der Waals surface area contributed by atoms with Gasteiger partial charge in [-0.15, -0.1) is 5.17 Å². The zero-order valence-electron chi connectivity index (χ0n) is 12.6. The van der Waals surface area contributed by atoms with Crippen LogP contribution in [0, 0.1) is 5.82 Å². The van der Waals surface area contributed by atoms with Crippen molar-refractivity contribution < 1.29 is 18.4 Å². The highest BCUT2D eigenvalue weighted by Crippen LogP contribution is 2.36. The van der Waals surface area contributed by atoms with Gasteiger partial charge >= 0.3 is 6.47 Å². The Balaban J connectivity index is 1.92. The van der Waals surface area contributed by atoms with E-state index < -0.39 is 11.9 Å². The number of rotatable bonds is 5. The van der Waals surface area contributed by atoms with Crippen molar-refractivity contribution in [2.45, 2.75) is 19.5 Å². The van der Waals surface area contributed by atoms with Gasteiger partial charge in [0.2, 0.25) is 0 Å². The highest BCUT2D eigenvalue weighted by Gasteiger charge is 2.35. The van der Waals surface area contributed by atoms with Gasteiger partial charge in [0.05, 0.1) is 15.7 Å². The molecule has 0 saturated carbocycles. The van der Waals surface area contributed by atoms with E-state index in [-0.39, 0.29) is 0 Å². The van der Waals surface area contributed by atoms with Gasteiger partial charge in [-0.2, -0.15) is 5.01 Å². The fourth-order valence-corrected chi connectivity index (χ4v) is 2.90. The summed E-state index contributed by atoms with van der Waals surface area (Å²) in [6.45, 7) is 2.43. The van der Waals surface area contributed by atoms with Crippen molar-refractivity contribution in [3.05, 3.63) is 69.5 Å². The van der Waals surface area contributed by atoms with Crippen LogP contribution in [-0.2, 0) is 16.2 Å². The number of hydroxylamine groups is 1. The van der Waals surface area contributed by atoms with Gasteiger partial charge in [0.1, 0.15) is 18.1 Å². The number of halogens is 3. The highest BCUT2D eigenvalue weighted by atomic mass is 35.5. The predicted molar refractivity (Wildman–Crippen MR) is 86.2 cm³/mol. The molecule has 1 unspecified atom stereocenters. The molecule has 1 aliphatic rings. The van der Waals surface area contributed by atoms with Crippen LogP contribution in [0.3, 0.4) is 0 Å². The number of furan rings is 1. The molecule has 0 fully saturated rings.